The van der Waals surface area contributed by atoms with Crippen molar-refractivity contribution in [1.29, 1.82) is 0 Å². The number of ether oxygens (including phenoxy) is 1. The van der Waals surface area contributed by atoms with Gasteiger partial charge in [0.2, 0.25) is 0 Å². The predicted octanol–water partition coefficient (Wildman–Crippen LogP) is 1.82. The molecule has 3 rings (SSSR count). The molecule has 1 aliphatic carbocycles. The van der Waals surface area contributed by atoms with Gasteiger partial charge in [0.15, 0.2) is 0 Å². The van der Waals surface area contributed by atoms with Crippen LogP contribution < -0.4 is 10.1 Å². The molecule has 2 heteroatoms. The summed E-state index contributed by atoms with van der Waals surface area (Å²) in [6.07, 6.45) is 2.93. The van der Waals surface area contributed by atoms with E-state index in [4.69, 9.17) is 4.74 Å². The summed E-state index contributed by atoms with van der Waals surface area (Å²) in [5, 5.41) is 3.49. The molecule has 1 heterocycles. The minimum Gasteiger partial charge on any atom is -0.490 e. The maximum atomic E-state index is 5.97. The minimum absolute atomic E-state index is 0.448. The number of hydrogen-bond donors (Lipinski definition) is 1. The third-order valence-electron chi connectivity index (χ3n) is 3.33. The summed E-state index contributed by atoms with van der Waals surface area (Å²) in [6, 6.07) is 10.9. The number of nitrogens with one attached hydrogen (secondary N) is 1. The van der Waals surface area contributed by atoms with E-state index >= 15 is 0 Å². The zero-order chi connectivity index (χ0) is 9.38. The van der Waals surface area contributed by atoms with E-state index in [9.17, 15) is 0 Å². The lowest BCUT2D eigenvalue weighted by Crippen LogP contribution is -2.35. The van der Waals surface area contributed by atoms with E-state index in [1.165, 1.54) is 12.8 Å². The monoisotopic (exact) mass is 189 g/mol. The molecule has 1 aromatic rings. The smallest absolute Gasteiger partial charge is 0.119 e. The highest BCUT2D eigenvalue weighted by Gasteiger charge is 2.40. The molecule has 2 fully saturated rings. The Morgan fingerprint density at radius 1 is 1.14 bits per heavy atom. The van der Waals surface area contributed by atoms with Crippen LogP contribution in [0.4, 0.5) is 0 Å². The van der Waals surface area contributed by atoms with Crippen molar-refractivity contribution in [2.24, 2.45) is 5.92 Å². The van der Waals surface area contributed by atoms with Crippen LogP contribution in [0.25, 0.3) is 0 Å². The van der Waals surface area contributed by atoms with Crippen molar-refractivity contribution in [2.75, 3.05) is 6.54 Å². The largest absolute Gasteiger partial charge is 0.490 e. The van der Waals surface area contributed by atoms with Gasteiger partial charge in [0, 0.05) is 18.5 Å². The van der Waals surface area contributed by atoms with Crippen LogP contribution >= 0.6 is 0 Å². The summed E-state index contributed by atoms with van der Waals surface area (Å²) >= 11 is 0. The molecule has 1 aliphatic heterocycles. The lowest BCUT2D eigenvalue weighted by molar-refractivity contribution is 0.146. The maximum Gasteiger partial charge on any atom is 0.119 e. The quantitative estimate of drug-likeness (QED) is 0.766. The van der Waals surface area contributed by atoms with E-state index in [2.05, 4.69) is 5.32 Å². The van der Waals surface area contributed by atoms with Gasteiger partial charge in [0.25, 0.3) is 0 Å². The maximum absolute atomic E-state index is 5.97. The number of fused-ring (bicyclic) bond motifs is 2. The van der Waals surface area contributed by atoms with E-state index in [-0.39, 0.29) is 0 Å². The molecular formula is C12H15NO. The molecule has 14 heavy (non-hydrogen) atoms. The van der Waals surface area contributed by atoms with E-state index < -0.39 is 0 Å². The number of para-hydroxylation sites is 1. The second-order valence-corrected chi connectivity index (χ2v) is 4.31. The molecule has 1 N–H and O–H groups in total. The lowest BCUT2D eigenvalue weighted by atomic mass is 10.1. The van der Waals surface area contributed by atoms with Crippen molar-refractivity contribution < 1.29 is 4.74 Å². The molecule has 1 aromatic carbocycles. The Labute approximate surface area is 84.3 Å². The molecule has 3 atom stereocenters. The topological polar surface area (TPSA) is 21.3 Å². The summed E-state index contributed by atoms with van der Waals surface area (Å²) < 4.78 is 5.97. The predicted molar refractivity (Wildman–Crippen MR) is 55.4 cm³/mol. The van der Waals surface area contributed by atoms with Crippen LogP contribution in [0.5, 0.6) is 5.75 Å². The molecule has 0 radical (unpaired) electrons. The van der Waals surface area contributed by atoms with Crippen molar-refractivity contribution in [2.45, 2.75) is 25.0 Å². The summed E-state index contributed by atoms with van der Waals surface area (Å²) in [4.78, 5) is 0. The Kier molecular flexibility index (Phi) is 1.95. The number of piperidine rings is 1. The van der Waals surface area contributed by atoms with Crippen LogP contribution in [0.1, 0.15) is 12.8 Å². The van der Waals surface area contributed by atoms with Crippen LogP contribution in [-0.2, 0) is 0 Å². The van der Waals surface area contributed by atoms with Gasteiger partial charge >= 0.3 is 0 Å². The number of rotatable bonds is 2. The van der Waals surface area contributed by atoms with Gasteiger partial charge in [-0.1, -0.05) is 18.2 Å². The summed E-state index contributed by atoms with van der Waals surface area (Å²) in [5.41, 5.74) is 0. The van der Waals surface area contributed by atoms with Crippen LogP contribution in [0, 0.1) is 5.92 Å². The normalized spacial score (nSPS) is 34.7. The zero-order valence-electron chi connectivity index (χ0n) is 8.15. The Hall–Kier alpha value is -1.02. The molecule has 0 amide bonds. The summed E-state index contributed by atoms with van der Waals surface area (Å²) in [6.45, 7) is 1.14. The first kappa shape index (κ1) is 8.30. The van der Waals surface area contributed by atoms with Gasteiger partial charge in [-0.25, -0.2) is 0 Å². The second kappa shape index (κ2) is 3.28. The molecule has 0 spiro atoms. The second-order valence-electron chi connectivity index (χ2n) is 4.31. The Morgan fingerprint density at radius 3 is 2.64 bits per heavy atom. The molecule has 2 aliphatic rings. The Bertz CT molecular complexity index is 311. The Morgan fingerprint density at radius 2 is 2.00 bits per heavy atom. The van der Waals surface area contributed by atoms with Crippen LogP contribution in [-0.4, -0.2) is 18.7 Å². The van der Waals surface area contributed by atoms with Gasteiger partial charge in [-0.05, 0) is 25.0 Å². The van der Waals surface area contributed by atoms with E-state index in [0.717, 1.165) is 18.2 Å². The number of benzene rings is 1. The number of hydrogen-bond acceptors (Lipinski definition) is 2. The fourth-order valence-electron chi connectivity index (χ4n) is 2.60. The highest BCUT2D eigenvalue weighted by Crippen LogP contribution is 2.34. The van der Waals surface area contributed by atoms with Gasteiger partial charge in [-0.15, -0.1) is 0 Å². The molecular weight excluding hydrogens is 174 g/mol. The van der Waals surface area contributed by atoms with Crippen molar-refractivity contribution in [3.8, 4) is 5.75 Å². The zero-order valence-corrected chi connectivity index (χ0v) is 8.15. The van der Waals surface area contributed by atoms with Crippen molar-refractivity contribution >= 4 is 0 Å². The van der Waals surface area contributed by atoms with Crippen LogP contribution in [0.3, 0.4) is 0 Å². The average molecular weight is 189 g/mol. The van der Waals surface area contributed by atoms with Crippen LogP contribution in [0.15, 0.2) is 30.3 Å². The first-order chi connectivity index (χ1) is 6.92. The molecule has 2 bridgehead atoms. The van der Waals surface area contributed by atoms with E-state index in [0.29, 0.717) is 12.1 Å². The first-order valence-electron chi connectivity index (χ1n) is 5.37. The molecule has 3 unspecified atom stereocenters. The molecule has 1 saturated heterocycles. The van der Waals surface area contributed by atoms with Crippen molar-refractivity contribution in [1.82, 2.24) is 5.32 Å². The van der Waals surface area contributed by atoms with Crippen molar-refractivity contribution in [3.63, 3.8) is 0 Å². The minimum atomic E-state index is 0.448. The molecule has 1 saturated carbocycles. The lowest BCUT2D eigenvalue weighted by Gasteiger charge is -2.23. The van der Waals surface area contributed by atoms with Gasteiger partial charge in [-0.3, -0.25) is 0 Å². The standard InChI is InChI=1S/C12H15NO/c1-2-4-11(5-3-1)14-12-7-10-6-9(12)8-13-10/h1-5,9-10,12-13H,6-8H2. The fraction of sp³-hybridized carbons (Fsp3) is 0.500. The summed E-state index contributed by atoms with van der Waals surface area (Å²) in [5.74, 6) is 1.75. The molecule has 2 nitrogen and oxygen atoms in total. The fourth-order valence-corrected chi connectivity index (χ4v) is 2.60. The van der Waals surface area contributed by atoms with Gasteiger partial charge < -0.3 is 10.1 Å². The third kappa shape index (κ3) is 1.40. The highest BCUT2D eigenvalue weighted by molar-refractivity contribution is 5.21. The van der Waals surface area contributed by atoms with Gasteiger partial charge in [0.1, 0.15) is 11.9 Å². The molecule has 0 aromatic heterocycles. The van der Waals surface area contributed by atoms with E-state index in [1.807, 2.05) is 30.3 Å². The molecule has 74 valence electrons. The van der Waals surface area contributed by atoms with Gasteiger partial charge in [-0.2, -0.15) is 0 Å². The average Bonchev–Trinajstić information content (AvgIpc) is 2.81. The first-order valence-corrected chi connectivity index (χ1v) is 5.37. The van der Waals surface area contributed by atoms with E-state index in [1.54, 1.807) is 0 Å². The Balaban J connectivity index is 1.69. The summed E-state index contributed by atoms with van der Waals surface area (Å²) in [7, 11) is 0. The third-order valence-corrected chi connectivity index (χ3v) is 3.33. The SMILES string of the molecule is c1ccc(OC2CC3CC2CN3)cc1. The van der Waals surface area contributed by atoms with Crippen LogP contribution in [0.2, 0.25) is 0 Å². The van der Waals surface area contributed by atoms with Gasteiger partial charge in [0.05, 0.1) is 0 Å². The van der Waals surface area contributed by atoms with Crippen molar-refractivity contribution in [3.05, 3.63) is 30.3 Å². The highest BCUT2D eigenvalue weighted by atomic mass is 16.5.